The van der Waals surface area contributed by atoms with Crippen LogP contribution in [0.1, 0.15) is 18.4 Å². The van der Waals surface area contributed by atoms with E-state index in [0.29, 0.717) is 23.8 Å². The van der Waals surface area contributed by atoms with Crippen molar-refractivity contribution in [3.05, 3.63) is 64.2 Å². The maximum Gasteiger partial charge on any atom is 0.270 e. The molecule has 1 fully saturated rings. The number of rotatable bonds is 7. The first-order chi connectivity index (χ1) is 15.0. The number of para-hydroxylation sites is 1. The Hall–Kier alpha value is -2.75. The topological polar surface area (TPSA) is 85.6 Å². The van der Waals surface area contributed by atoms with Gasteiger partial charge in [0.05, 0.1) is 27.8 Å². The number of nitrogens with zero attached hydrogens (tertiary/aromatic N) is 3. The first-order valence-corrected chi connectivity index (χ1v) is 11.9. The SMILES string of the molecule is CSc1cccc2sc(N(CC3CCCO3)C(=O)/C=C/c3cccc([N+](=O)[O-])c3)nc12. The molecule has 0 radical (unpaired) electrons. The van der Waals surface area contributed by atoms with Crippen molar-refractivity contribution >= 4 is 56.1 Å². The summed E-state index contributed by atoms with van der Waals surface area (Å²) in [5.41, 5.74) is 1.47. The fourth-order valence-electron chi connectivity index (χ4n) is 3.45. The minimum absolute atomic E-state index is 0.0124. The van der Waals surface area contributed by atoms with E-state index in [-0.39, 0.29) is 17.7 Å². The average molecular weight is 456 g/mol. The number of carbonyl (C=O) groups excluding carboxylic acids is 1. The minimum atomic E-state index is -0.451. The number of non-ortho nitro benzene ring substituents is 1. The molecule has 0 spiro atoms. The highest BCUT2D eigenvalue weighted by Crippen LogP contribution is 2.34. The summed E-state index contributed by atoms with van der Waals surface area (Å²) in [6.45, 7) is 1.12. The van der Waals surface area contributed by atoms with Gasteiger partial charge in [0.1, 0.15) is 0 Å². The lowest BCUT2D eigenvalue weighted by Crippen LogP contribution is -2.36. The standard InChI is InChI=1S/C22H21N3O4S2/c1-30-18-8-3-9-19-21(18)23-22(31-19)24(14-17-7-4-12-29-17)20(26)11-10-15-5-2-6-16(13-15)25(27)28/h2-3,5-6,8-11,13,17H,4,7,12,14H2,1H3/b11-10+. The normalized spacial score (nSPS) is 16.2. The first-order valence-electron chi connectivity index (χ1n) is 9.84. The van der Waals surface area contributed by atoms with Gasteiger partial charge in [-0.3, -0.25) is 19.8 Å². The van der Waals surface area contributed by atoms with Gasteiger partial charge in [-0.05, 0) is 42.9 Å². The van der Waals surface area contributed by atoms with Gasteiger partial charge in [0.25, 0.3) is 11.6 Å². The van der Waals surface area contributed by atoms with E-state index in [0.717, 1.165) is 28.0 Å². The summed E-state index contributed by atoms with van der Waals surface area (Å²) in [5, 5.41) is 11.6. The molecule has 0 bridgehead atoms. The van der Waals surface area contributed by atoms with E-state index in [9.17, 15) is 14.9 Å². The predicted octanol–water partition coefficient (Wildman–Crippen LogP) is 5.15. The second-order valence-electron chi connectivity index (χ2n) is 7.07. The van der Waals surface area contributed by atoms with E-state index < -0.39 is 4.92 Å². The molecule has 0 saturated carbocycles. The Morgan fingerprint density at radius 1 is 1.39 bits per heavy atom. The number of carbonyl (C=O) groups is 1. The number of anilines is 1. The molecule has 0 N–H and O–H groups in total. The van der Waals surface area contributed by atoms with E-state index in [1.807, 2.05) is 24.5 Å². The van der Waals surface area contributed by atoms with Gasteiger partial charge in [-0.15, -0.1) is 11.8 Å². The molecule has 1 aliphatic rings. The fraction of sp³-hybridized carbons (Fsp3) is 0.273. The molecule has 31 heavy (non-hydrogen) atoms. The third-order valence-electron chi connectivity index (χ3n) is 5.00. The highest BCUT2D eigenvalue weighted by atomic mass is 32.2. The maximum atomic E-state index is 13.2. The van der Waals surface area contributed by atoms with Crippen LogP contribution in [0.5, 0.6) is 0 Å². The monoisotopic (exact) mass is 455 g/mol. The summed E-state index contributed by atoms with van der Waals surface area (Å²) in [4.78, 5) is 31.2. The lowest BCUT2D eigenvalue weighted by atomic mass is 10.2. The van der Waals surface area contributed by atoms with Gasteiger partial charge in [-0.25, -0.2) is 4.98 Å². The van der Waals surface area contributed by atoms with Gasteiger partial charge < -0.3 is 4.74 Å². The molecule has 1 unspecified atom stereocenters. The van der Waals surface area contributed by atoms with Crippen molar-refractivity contribution in [2.24, 2.45) is 0 Å². The second kappa shape index (κ2) is 9.59. The fourth-order valence-corrected chi connectivity index (χ4v) is 5.08. The molecule has 9 heteroatoms. The Bertz CT molecular complexity index is 1140. The zero-order chi connectivity index (χ0) is 21.8. The van der Waals surface area contributed by atoms with Gasteiger partial charge >= 0.3 is 0 Å². The molecule has 7 nitrogen and oxygen atoms in total. The Balaban J connectivity index is 1.64. The third-order valence-corrected chi connectivity index (χ3v) is 6.81. The molecule has 2 aromatic carbocycles. The number of amides is 1. The minimum Gasteiger partial charge on any atom is -0.376 e. The van der Waals surface area contributed by atoms with E-state index >= 15 is 0 Å². The number of aromatic nitrogens is 1. The molecule has 1 saturated heterocycles. The van der Waals surface area contributed by atoms with Gasteiger partial charge in [-0.1, -0.05) is 29.5 Å². The van der Waals surface area contributed by atoms with Crippen LogP contribution >= 0.6 is 23.1 Å². The molecule has 160 valence electrons. The molecular weight excluding hydrogens is 434 g/mol. The molecular formula is C22H21N3O4S2. The maximum absolute atomic E-state index is 13.2. The van der Waals surface area contributed by atoms with Crippen molar-refractivity contribution in [3.8, 4) is 0 Å². The van der Waals surface area contributed by atoms with Crippen molar-refractivity contribution in [1.29, 1.82) is 0 Å². The number of ether oxygens (including phenoxy) is 1. The van der Waals surface area contributed by atoms with Crippen molar-refractivity contribution < 1.29 is 14.5 Å². The van der Waals surface area contributed by atoms with Gasteiger partial charge in [0, 0.05) is 29.7 Å². The van der Waals surface area contributed by atoms with E-state index in [4.69, 9.17) is 9.72 Å². The molecule has 0 aliphatic carbocycles. The Morgan fingerprint density at radius 3 is 2.97 bits per heavy atom. The highest BCUT2D eigenvalue weighted by molar-refractivity contribution is 7.98. The van der Waals surface area contributed by atoms with E-state index in [2.05, 4.69) is 0 Å². The summed E-state index contributed by atoms with van der Waals surface area (Å²) in [7, 11) is 0. The lowest BCUT2D eigenvalue weighted by molar-refractivity contribution is -0.384. The van der Waals surface area contributed by atoms with Crippen LogP contribution in [-0.4, -0.2) is 41.3 Å². The van der Waals surface area contributed by atoms with Crippen molar-refractivity contribution in [2.45, 2.75) is 23.8 Å². The summed E-state index contributed by atoms with van der Waals surface area (Å²) in [6.07, 6.45) is 6.90. The summed E-state index contributed by atoms with van der Waals surface area (Å²) in [6, 6.07) is 12.2. The van der Waals surface area contributed by atoms with Crippen LogP contribution in [0.3, 0.4) is 0 Å². The molecule has 1 atom stereocenters. The molecule has 4 rings (SSSR count). The lowest BCUT2D eigenvalue weighted by Gasteiger charge is -2.21. The van der Waals surface area contributed by atoms with Crippen molar-refractivity contribution in [1.82, 2.24) is 4.98 Å². The molecule has 1 aromatic heterocycles. The Kier molecular flexibility index (Phi) is 6.64. The van der Waals surface area contributed by atoms with Gasteiger partial charge in [-0.2, -0.15) is 0 Å². The van der Waals surface area contributed by atoms with Crippen molar-refractivity contribution in [3.63, 3.8) is 0 Å². The zero-order valence-electron chi connectivity index (χ0n) is 16.9. The largest absolute Gasteiger partial charge is 0.376 e. The molecule has 1 amide bonds. The van der Waals surface area contributed by atoms with E-state index in [1.165, 1.54) is 29.5 Å². The third kappa shape index (κ3) is 4.95. The summed E-state index contributed by atoms with van der Waals surface area (Å²) in [5.74, 6) is -0.230. The first kappa shape index (κ1) is 21.5. The zero-order valence-corrected chi connectivity index (χ0v) is 18.5. The van der Waals surface area contributed by atoms with Crippen molar-refractivity contribution in [2.75, 3.05) is 24.3 Å². The molecule has 3 aromatic rings. The summed E-state index contributed by atoms with van der Waals surface area (Å²) >= 11 is 3.10. The Morgan fingerprint density at radius 2 is 2.23 bits per heavy atom. The number of nitro groups is 1. The summed E-state index contributed by atoms with van der Waals surface area (Å²) < 4.78 is 6.78. The van der Waals surface area contributed by atoms with Crippen LogP contribution in [0.4, 0.5) is 10.8 Å². The van der Waals surface area contributed by atoms with Gasteiger partial charge in [0.2, 0.25) is 0 Å². The number of fused-ring (bicyclic) bond motifs is 1. The van der Waals surface area contributed by atoms with Crippen LogP contribution in [-0.2, 0) is 9.53 Å². The predicted molar refractivity (Wildman–Crippen MR) is 125 cm³/mol. The van der Waals surface area contributed by atoms with Crippen LogP contribution < -0.4 is 4.90 Å². The smallest absolute Gasteiger partial charge is 0.270 e. The van der Waals surface area contributed by atoms with Crippen LogP contribution in [0.25, 0.3) is 16.3 Å². The Labute approximate surface area is 187 Å². The molecule has 2 heterocycles. The average Bonchev–Trinajstić information content (AvgIpc) is 3.45. The number of thioether (sulfide) groups is 1. The molecule has 1 aliphatic heterocycles. The van der Waals surface area contributed by atoms with Crippen LogP contribution in [0.2, 0.25) is 0 Å². The second-order valence-corrected chi connectivity index (χ2v) is 8.93. The number of thiazole rings is 1. The van der Waals surface area contributed by atoms with Crippen LogP contribution in [0, 0.1) is 10.1 Å². The van der Waals surface area contributed by atoms with Crippen LogP contribution in [0.15, 0.2) is 53.4 Å². The number of benzene rings is 2. The number of nitro benzene ring substituents is 1. The number of hydrogen-bond donors (Lipinski definition) is 0. The van der Waals surface area contributed by atoms with Gasteiger partial charge in [0.15, 0.2) is 5.13 Å². The quantitative estimate of drug-likeness (QED) is 0.212. The number of hydrogen-bond acceptors (Lipinski definition) is 7. The highest BCUT2D eigenvalue weighted by Gasteiger charge is 2.25. The van der Waals surface area contributed by atoms with E-state index in [1.54, 1.807) is 34.9 Å².